The van der Waals surface area contributed by atoms with Crippen LogP contribution in [-0.2, 0) is 0 Å². The number of hydrogen-bond acceptors (Lipinski definition) is 1. The first kappa shape index (κ1) is 11.8. The van der Waals surface area contributed by atoms with E-state index in [9.17, 15) is 5.11 Å². The molecule has 82 valence electrons. The summed E-state index contributed by atoms with van der Waals surface area (Å²) in [5.41, 5.74) is 0. The van der Waals surface area contributed by atoms with Gasteiger partial charge in [0.25, 0.3) is 0 Å². The maximum Gasteiger partial charge on any atom is 0.0568 e. The highest BCUT2D eigenvalue weighted by atomic mass is 16.3. The van der Waals surface area contributed by atoms with Crippen molar-refractivity contribution in [1.82, 2.24) is 0 Å². The molecule has 3 unspecified atom stereocenters. The molecule has 0 saturated heterocycles. The monoisotopic (exact) mass is 196 g/mol. The zero-order valence-corrected chi connectivity index (χ0v) is 9.41. The number of rotatable bonds is 5. The SMILES string of the molecule is C=CCCC1CC(CCC)CCC1O. The van der Waals surface area contributed by atoms with Crippen molar-refractivity contribution in [2.45, 2.75) is 58.0 Å². The van der Waals surface area contributed by atoms with Crippen molar-refractivity contribution in [3.05, 3.63) is 12.7 Å². The van der Waals surface area contributed by atoms with Crippen LogP contribution in [0.25, 0.3) is 0 Å². The number of aliphatic hydroxyl groups excluding tert-OH is 1. The zero-order valence-electron chi connectivity index (χ0n) is 9.41. The number of allylic oxidation sites excluding steroid dienone is 1. The Hall–Kier alpha value is -0.300. The summed E-state index contributed by atoms with van der Waals surface area (Å²) in [6.07, 6.45) is 10.2. The van der Waals surface area contributed by atoms with Crippen molar-refractivity contribution in [2.24, 2.45) is 11.8 Å². The van der Waals surface area contributed by atoms with Crippen LogP contribution < -0.4 is 0 Å². The molecule has 3 atom stereocenters. The van der Waals surface area contributed by atoms with Gasteiger partial charge in [0.15, 0.2) is 0 Å². The fourth-order valence-electron chi connectivity index (χ4n) is 2.66. The van der Waals surface area contributed by atoms with E-state index >= 15 is 0 Å². The van der Waals surface area contributed by atoms with Crippen molar-refractivity contribution in [1.29, 1.82) is 0 Å². The van der Waals surface area contributed by atoms with Crippen molar-refractivity contribution in [2.75, 3.05) is 0 Å². The van der Waals surface area contributed by atoms with Gasteiger partial charge in [-0.25, -0.2) is 0 Å². The topological polar surface area (TPSA) is 20.2 Å². The molecule has 0 spiro atoms. The second-order valence-corrected chi connectivity index (χ2v) is 4.66. The maximum absolute atomic E-state index is 9.85. The molecule has 0 aromatic heterocycles. The van der Waals surface area contributed by atoms with Gasteiger partial charge in [0, 0.05) is 0 Å². The Balaban J connectivity index is 2.34. The molecule has 0 aliphatic heterocycles. The van der Waals surface area contributed by atoms with Crippen LogP contribution in [0.5, 0.6) is 0 Å². The van der Waals surface area contributed by atoms with Gasteiger partial charge >= 0.3 is 0 Å². The van der Waals surface area contributed by atoms with E-state index in [4.69, 9.17) is 0 Å². The van der Waals surface area contributed by atoms with Crippen molar-refractivity contribution < 1.29 is 5.11 Å². The quantitative estimate of drug-likeness (QED) is 0.667. The summed E-state index contributed by atoms with van der Waals surface area (Å²) in [5, 5.41) is 9.85. The average molecular weight is 196 g/mol. The van der Waals surface area contributed by atoms with Crippen LogP contribution in [0.1, 0.15) is 51.9 Å². The molecule has 1 N–H and O–H groups in total. The third-order valence-corrected chi connectivity index (χ3v) is 3.49. The molecule has 1 nitrogen and oxygen atoms in total. The summed E-state index contributed by atoms with van der Waals surface area (Å²) < 4.78 is 0. The molecule has 0 amide bonds. The summed E-state index contributed by atoms with van der Waals surface area (Å²) in [6.45, 7) is 6.00. The Morgan fingerprint density at radius 1 is 1.36 bits per heavy atom. The smallest absolute Gasteiger partial charge is 0.0568 e. The van der Waals surface area contributed by atoms with Gasteiger partial charge in [0.1, 0.15) is 0 Å². The van der Waals surface area contributed by atoms with E-state index in [2.05, 4.69) is 13.5 Å². The van der Waals surface area contributed by atoms with E-state index in [1.807, 2.05) is 6.08 Å². The molecule has 14 heavy (non-hydrogen) atoms. The molecule has 0 bridgehead atoms. The minimum Gasteiger partial charge on any atom is -0.393 e. The van der Waals surface area contributed by atoms with Crippen LogP contribution in [0.2, 0.25) is 0 Å². The summed E-state index contributed by atoms with van der Waals surface area (Å²) in [5.74, 6) is 1.41. The molecule has 0 aromatic rings. The van der Waals surface area contributed by atoms with E-state index < -0.39 is 0 Å². The van der Waals surface area contributed by atoms with E-state index in [0.717, 1.165) is 25.2 Å². The van der Waals surface area contributed by atoms with Crippen LogP contribution in [0.3, 0.4) is 0 Å². The van der Waals surface area contributed by atoms with Gasteiger partial charge in [-0.2, -0.15) is 0 Å². The first-order chi connectivity index (χ1) is 6.77. The molecule has 0 heterocycles. The lowest BCUT2D eigenvalue weighted by Crippen LogP contribution is -2.29. The van der Waals surface area contributed by atoms with E-state index in [0.29, 0.717) is 5.92 Å². The Morgan fingerprint density at radius 2 is 2.14 bits per heavy atom. The molecule has 1 aliphatic carbocycles. The minimum atomic E-state index is -0.0388. The summed E-state index contributed by atoms with van der Waals surface area (Å²) in [7, 11) is 0. The van der Waals surface area contributed by atoms with Crippen LogP contribution >= 0.6 is 0 Å². The molecular formula is C13H24O. The standard InChI is InChI=1S/C13H24O/c1-3-5-7-12-10-11(6-4-2)8-9-13(12)14/h3,11-14H,1,4-10H2,2H3. The van der Waals surface area contributed by atoms with Gasteiger partial charge in [-0.15, -0.1) is 6.58 Å². The van der Waals surface area contributed by atoms with Gasteiger partial charge in [-0.05, 0) is 43.9 Å². The van der Waals surface area contributed by atoms with Gasteiger partial charge < -0.3 is 5.11 Å². The van der Waals surface area contributed by atoms with Crippen LogP contribution in [-0.4, -0.2) is 11.2 Å². The lowest BCUT2D eigenvalue weighted by molar-refractivity contribution is 0.0424. The van der Waals surface area contributed by atoms with Crippen LogP contribution in [0, 0.1) is 11.8 Å². The predicted molar refractivity (Wildman–Crippen MR) is 61.2 cm³/mol. The van der Waals surface area contributed by atoms with E-state index in [-0.39, 0.29) is 6.10 Å². The third kappa shape index (κ3) is 3.45. The Morgan fingerprint density at radius 3 is 2.79 bits per heavy atom. The Bertz CT molecular complexity index is 165. The molecule has 1 heteroatoms. The number of aliphatic hydroxyl groups is 1. The highest BCUT2D eigenvalue weighted by Crippen LogP contribution is 2.34. The average Bonchev–Trinajstić information content (AvgIpc) is 2.19. The lowest BCUT2D eigenvalue weighted by atomic mass is 9.76. The number of hydrogen-bond donors (Lipinski definition) is 1. The molecule has 1 saturated carbocycles. The molecule has 0 radical (unpaired) electrons. The molecule has 1 aliphatic rings. The fourth-order valence-corrected chi connectivity index (χ4v) is 2.66. The first-order valence-electron chi connectivity index (χ1n) is 6.06. The van der Waals surface area contributed by atoms with Crippen molar-refractivity contribution in [3.8, 4) is 0 Å². The largest absolute Gasteiger partial charge is 0.393 e. The van der Waals surface area contributed by atoms with Gasteiger partial charge in [0.05, 0.1) is 6.10 Å². The summed E-state index contributed by atoms with van der Waals surface area (Å²) >= 11 is 0. The fraction of sp³-hybridized carbons (Fsp3) is 0.846. The molecule has 1 rings (SSSR count). The lowest BCUT2D eigenvalue weighted by Gasteiger charge is -2.33. The minimum absolute atomic E-state index is 0.0388. The molecule has 0 aromatic carbocycles. The highest BCUT2D eigenvalue weighted by Gasteiger charge is 2.27. The van der Waals surface area contributed by atoms with Crippen molar-refractivity contribution >= 4 is 0 Å². The van der Waals surface area contributed by atoms with Crippen LogP contribution in [0.4, 0.5) is 0 Å². The second-order valence-electron chi connectivity index (χ2n) is 4.66. The molecular weight excluding hydrogens is 172 g/mol. The normalized spacial score (nSPS) is 32.9. The van der Waals surface area contributed by atoms with Gasteiger partial charge in [0.2, 0.25) is 0 Å². The predicted octanol–water partition coefficient (Wildman–Crippen LogP) is 3.53. The summed E-state index contributed by atoms with van der Waals surface area (Å²) in [4.78, 5) is 0. The second kappa shape index (κ2) is 6.23. The van der Waals surface area contributed by atoms with E-state index in [1.165, 1.54) is 25.7 Å². The Labute approximate surface area is 88.2 Å². The maximum atomic E-state index is 9.85. The van der Waals surface area contributed by atoms with Crippen LogP contribution in [0.15, 0.2) is 12.7 Å². The third-order valence-electron chi connectivity index (χ3n) is 3.49. The summed E-state index contributed by atoms with van der Waals surface area (Å²) in [6, 6.07) is 0. The zero-order chi connectivity index (χ0) is 10.4. The van der Waals surface area contributed by atoms with Crippen molar-refractivity contribution in [3.63, 3.8) is 0 Å². The van der Waals surface area contributed by atoms with Gasteiger partial charge in [-0.1, -0.05) is 25.8 Å². The van der Waals surface area contributed by atoms with E-state index in [1.54, 1.807) is 0 Å². The first-order valence-corrected chi connectivity index (χ1v) is 6.06. The molecule has 1 fully saturated rings. The Kier molecular flexibility index (Phi) is 5.24. The van der Waals surface area contributed by atoms with Gasteiger partial charge in [-0.3, -0.25) is 0 Å². The highest BCUT2D eigenvalue weighted by molar-refractivity contribution is 4.81.